The molecule has 0 saturated carbocycles. The second-order valence-corrected chi connectivity index (χ2v) is 7.18. The summed E-state index contributed by atoms with van der Waals surface area (Å²) in [4.78, 5) is 50.8. The van der Waals surface area contributed by atoms with Crippen LogP contribution >= 0.6 is 0 Å². The minimum atomic E-state index is -1.36. The fourth-order valence-electron chi connectivity index (χ4n) is 3.65. The Morgan fingerprint density at radius 1 is 1.30 bits per heavy atom. The first kappa shape index (κ1) is 18.8. The number of nitro benzene ring substituents is 1. The number of hydrogen-bond donors (Lipinski definition) is 1. The summed E-state index contributed by atoms with van der Waals surface area (Å²) in [5.74, 6) is -0.794. The molecule has 0 bridgehead atoms. The summed E-state index contributed by atoms with van der Waals surface area (Å²) in [5, 5.41) is 13.4. The van der Waals surface area contributed by atoms with E-state index in [4.69, 9.17) is 0 Å². The van der Waals surface area contributed by atoms with E-state index in [0.29, 0.717) is 12.1 Å². The first-order valence-corrected chi connectivity index (χ1v) is 8.92. The Labute approximate surface area is 156 Å². The van der Waals surface area contributed by atoms with Gasteiger partial charge in [-0.1, -0.05) is 0 Å². The number of rotatable bonds is 4. The smallest absolute Gasteiger partial charge is 0.325 e. The van der Waals surface area contributed by atoms with Gasteiger partial charge in [0.2, 0.25) is 5.91 Å². The molecule has 2 saturated heterocycles. The van der Waals surface area contributed by atoms with Gasteiger partial charge in [0.15, 0.2) is 0 Å². The number of nitro groups is 1. The first-order chi connectivity index (χ1) is 12.7. The molecule has 2 heterocycles. The number of imide groups is 1. The average molecular weight is 374 g/mol. The zero-order valence-electron chi connectivity index (χ0n) is 15.3. The molecule has 27 heavy (non-hydrogen) atoms. The number of likely N-dealkylation sites (tertiary alicyclic amines) is 1. The van der Waals surface area contributed by atoms with E-state index in [-0.39, 0.29) is 24.2 Å². The van der Waals surface area contributed by atoms with Gasteiger partial charge in [0.1, 0.15) is 12.1 Å². The summed E-state index contributed by atoms with van der Waals surface area (Å²) in [7, 11) is 0. The highest BCUT2D eigenvalue weighted by atomic mass is 16.6. The quantitative estimate of drug-likeness (QED) is 0.490. The molecule has 0 aromatic heterocycles. The SMILES string of the molecule is C[C@H]1CCCCN1C(=O)CN1C(=O)N[C@@](C)(c2ccc([N+](=O)[O-])cc2)C1=O. The fourth-order valence-corrected chi connectivity index (χ4v) is 3.65. The standard InChI is InChI=1S/C18H22N4O5/c1-12-5-3-4-10-20(12)15(23)11-21-16(24)18(2,19-17(21)25)13-6-8-14(9-7-13)22(26)27/h6-9,12H,3-5,10-11H2,1-2H3,(H,19,25)/t12-,18-/m0/s1. The van der Waals surface area contributed by atoms with E-state index in [1.807, 2.05) is 6.92 Å². The number of carbonyl (C=O) groups excluding carboxylic acids is 3. The van der Waals surface area contributed by atoms with Crippen LogP contribution in [0, 0.1) is 10.1 Å². The molecule has 1 N–H and O–H groups in total. The predicted octanol–water partition coefficient (Wildman–Crippen LogP) is 1.76. The maximum atomic E-state index is 12.9. The normalized spacial score (nSPS) is 25.5. The fraction of sp³-hybridized carbons (Fsp3) is 0.500. The van der Waals surface area contributed by atoms with Crippen LogP contribution in [0.15, 0.2) is 24.3 Å². The molecule has 0 aliphatic carbocycles. The number of nitrogens with one attached hydrogen (secondary N) is 1. The van der Waals surface area contributed by atoms with Gasteiger partial charge in [-0.05, 0) is 50.8 Å². The highest BCUT2D eigenvalue weighted by molar-refractivity contribution is 6.09. The molecule has 2 aliphatic rings. The molecule has 9 nitrogen and oxygen atoms in total. The van der Waals surface area contributed by atoms with Crippen molar-refractivity contribution in [2.45, 2.75) is 44.7 Å². The lowest BCUT2D eigenvalue weighted by Crippen LogP contribution is -2.48. The Morgan fingerprint density at radius 2 is 1.96 bits per heavy atom. The molecule has 0 spiro atoms. The van der Waals surface area contributed by atoms with Crippen molar-refractivity contribution in [3.63, 3.8) is 0 Å². The highest BCUT2D eigenvalue weighted by Gasteiger charge is 2.50. The Bertz CT molecular complexity index is 793. The lowest BCUT2D eigenvalue weighted by Gasteiger charge is -2.34. The number of hydrogen-bond acceptors (Lipinski definition) is 5. The van der Waals surface area contributed by atoms with Crippen LogP contribution in [0.25, 0.3) is 0 Å². The zero-order chi connectivity index (χ0) is 19.8. The molecule has 9 heteroatoms. The topological polar surface area (TPSA) is 113 Å². The van der Waals surface area contributed by atoms with Crippen molar-refractivity contribution in [1.29, 1.82) is 0 Å². The van der Waals surface area contributed by atoms with Crippen LogP contribution < -0.4 is 5.32 Å². The molecule has 3 rings (SSSR count). The van der Waals surface area contributed by atoms with Crippen molar-refractivity contribution in [1.82, 2.24) is 15.1 Å². The molecule has 144 valence electrons. The van der Waals surface area contributed by atoms with Gasteiger partial charge in [0, 0.05) is 24.7 Å². The van der Waals surface area contributed by atoms with E-state index in [1.165, 1.54) is 31.2 Å². The molecule has 4 amide bonds. The van der Waals surface area contributed by atoms with Crippen LogP contribution in [-0.4, -0.2) is 51.7 Å². The molecule has 1 aromatic rings. The number of benzene rings is 1. The Balaban J connectivity index is 1.77. The summed E-state index contributed by atoms with van der Waals surface area (Å²) >= 11 is 0. The second-order valence-electron chi connectivity index (χ2n) is 7.18. The third-order valence-electron chi connectivity index (χ3n) is 5.35. The predicted molar refractivity (Wildman–Crippen MR) is 95.7 cm³/mol. The van der Waals surface area contributed by atoms with Gasteiger partial charge in [-0.2, -0.15) is 0 Å². The zero-order valence-corrected chi connectivity index (χ0v) is 15.3. The molecule has 2 atom stereocenters. The van der Waals surface area contributed by atoms with Gasteiger partial charge in [0.25, 0.3) is 11.6 Å². The highest BCUT2D eigenvalue weighted by Crippen LogP contribution is 2.30. The lowest BCUT2D eigenvalue weighted by molar-refractivity contribution is -0.384. The van der Waals surface area contributed by atoms with Crippen molar-refractivity contribution in [3.8, 4) is 0 Å². The van der Waals surface area contributed by atoms with Gasteiger partial charge in [-0.25, -0.2) is 4.79 Å². The maximum absolute atomic E-state index is 12.9. The maximum Gasteiger partial charge on any atom is 0.325 e. The van der Waals surface area contributed by atoms with Crippen molar-refractivity contribution < 1.29 is 19.3 Å². The summed E-state index contributed by atoms with van der Waals surface area (Å²) in [6.07, 6.45) is 2.88. The largest absolute Gasteiger partial charge is 0.338 e. The monoisotopic (exact) mass is 374 g/mol. The van der Waals surface area contributed by atoms with Crippen LogP contribution in [0.3, 0.4) is 0 Å². The molecule has 1 aromatic carbocycles. The average Bonchev–Trinajstić information content (AvgIpc) is 2.86. The van der Waals surface area contributed by atoms with E-state index in [2.05, 4.69) is 5.32 Å². The van der Waals surface area contributed by atoms with Crippen LogP contribution in [0.5, 0.6) is 0 Å². The number of urea groups is 1. The molecular formula is C18H22N4O5. The molecular weight excluding hydrogens is 352 g/mol. The van der Waals surface area contributed by atoms with E-state index in [9.17, 15) is 24.5 Å². The van der Waals surface area contributed by atoms with Crippen molar-refractivity contribution in [2.75, 3.05) is 13.1 Å². The Kier molecular flexibility index (Phi) is 4.86. The Morgan fingerprint density at radius 3 is 2.56 bits per heavy atom. The number of non-ortho nitro benzene ring substituents is 1. The second kappa shape index (κ2) is 6.98. The lowest BCUT2D eigenvalue weighted by atomic mass is 9.92. The van der Waals surface area contributed by atoms with Crippen LogP contribution in [-0.2, 0) is 15.1 Å². The van der Waals surface area contributed by atoms with Crippen LogP contribution in [0.2, 0.25) is 0 Å². The van der Waals surface area contributed by atoms with Crippen molar-refractivity contribution >= 4 is 23.5 Å². The van der Waals surface area contributed by atoms with Crippen molar-refractivity contribution in [2.24, 2.45) is 0 Å². The Hall–Kier alpha value is -2.97. The third kappa shape index (κ3) is 3.36. The van der Waals surface area contributed by atoms with E-state index >= 15 is 0 Å². The summed E-state index contributed by atoms with van der Waals surface area (Å²) in [5.41, 5.74) is -1.04. The van der Waals surface area contributed by atoms with Gasteiger partial charge in [-0.3, -0.25) is 24.6 Å². The summed E-state index contributed by atoms with van der Waals surface area (Å²) in [6.45, 7) is 3.81. The van der Waals surface area contributed by atoms with Gasteiger partial charge in [-0.15, -0.1) is 0 Å². The van der Waals surface area contributed by atoms with Gasteiger partial charge in [0.05, 0.1) is 4.92 Å². The van der Waals surface area contributed by atoms with E-state index in [1.54, 1.807) is 4.90 Å². The minimum absolute atomic E-state index is 0.0908. The van der Waals surface area contributed by atoms with E-state index in [0.717, 1.165) is 24.2 Å². The van der Waals surface area contributed by atoms with Gasteiger partial charge >= 0.3 is 6.03 Å². The number of carbonyl (C=O) groups is 3. The van der Waals surface area contributed by atoms with Crippen LogP contribution in [0.1, 0.15) is 38.7 Å². The van der Waals surface area contributed by atoms with Crippen LogP contribution in [0.4, 0.5) is 10.5 Å². The van der Waals surface area contributed by atoms with Crippen molar-refractivity contribution in [3.05, 3.63) is 39.9 Å². The number of amides is 4. The number of piperidine rings is 1. The molecule has 2 fully saturated rings. The number of nitrogens with zero attached hydrogens (tertiary/aromatic N) is 3. The summed E-state index contributed by atoms with van der Waals surface area (Å²) < 4.78 is 0. The molecule has 2 aliphatic heterocycles. The third-order valence-corrected chi connectivity index (χ3v) is 5.35. The summed E-state index contributed by atoms with van der Waals surface area (Å²) in [6, 6.07) is 4.89. The first-order valence-electron chi connectivity index (χ1n) is 8.92. The molecule has 0 radical (unpaired) electrons. The van der Waals surface area contributed by atoms with Gasteiger partial charge < -0.3 is 10.2 Å². The van der Waals surface area contributed by atoms with E-state index < -0.39 is 22.4 Å². The molecule has 0 unspecified atom stereocenters. The minimum Gasteiger partial charge on any atom is -0.338 e.